The van der Waals surface area contributed by atoms with E-state index in [0.29, 0.717) is 0 Å². The molecular formula is C26H23NNa. The number of hydrogen-bond acceptors (Lipinski definition) is 1. The third-order valence-corrected chi connectivity index (χ3v) is 5.22. The third-order valence-electron chi connectivity index (χ3n) is 5.22. The minimum absolute atomic E-state index is 0. The van der Waals surface area contributed by atoms with Crippen molar-refractivity contribution in [2.24, 2.45) is 0 Å². The maximum Gasteiger partial charge on any atom is 0.116 e. The van der Waals surface area contributed by atoms with Crippen LogP contribution in [0.4, 0.5) is 5.69 Å². The second-order valence-corrected chi connectivity index (χ2v) is 6.70. The van der Waals surface area contributed by atoms with Gasteiger partial charge in [0, 0.05) is 42.3 Å². The zero-order chi connectivity index (χ0) is 18.5. The van der Waals surface area contributed by atoms with E-state index < -0.39 is 5.54 Å². The van der Waals surface area contributed by atoms with Crippen LogP contribution in [-0.2, 0) is 5.54 Å². The number of rotatable bonds is 5. The molecule has 0 bridgehead atoms. The fourth-order valence-corrected chi connectivity index (χ4v) is 3.96. The van der Waals surface area contributed by atoms with E-state index in [0.717, 1.165) is 0 Å². The van der Waals surface area contributed by atoms with E-state index in [1.54, 1.807) is 0 Å². The average Bonchev–Trinajstić information content (AvgIpc) is 2.77. The number of nitrogens with zero attached hydrogens (tertiary/aromatic N) is 1. The van der Waals surface area contributed by atoms with Crippen LogP contribution in [0.15, 0.2) is 121 Å². The monoisotopic (exact) mass is 372 g/mol. The van der Waals surface area contributed by atoms with Crippen LogP contribution in [0.2, 0.25) is 0 Å². The molecule has 4 aromatic carbocycles. The molecule has 0 spiro atoms. The molecule has 0 N–H and O–H groups in total. The van der Waals surface area contributed by atoms with Crippen LogP contribution in [-0.4, -0.2) is 36.6 Å². The summed E-state index contributed by atoms with van der Waals surface area (Å²) in [5, 5.41) is 0. The zero-order valence-corrected chi connectivity index (χ0v) is 18.5. The molecule has 0 saturated carbocycles. The van der Waals surface area contributed by atoms with E-state index in [1.807, 2.05) is 0 Å². The van der Waals surface area contributed by atoms with Crippen molar-refractivity contribution in [2.45, 2.75) is 5.54 Å². The normalized spacial score (nSPS) is 10.8. The number of para-hydroxylation sites is 1. The molecule has 0 atom stereocenters. The van der Waals surface area contributed by atoms with E-state index in [4.69, 9.17) is 0 Å². The summed E-state index contributed by atoms with van der Waals surface area (Å²) in [7, 11) is 2.18. The molecule has 2 heteroatoms. The molecule has 0 fully saturated rings. The maximum atomic E-state index is 2.38. The Kier molecular flexibility index (Phi) is 6.74. The Hall–Kier alpha value is -2.32. The standard InChI is InChI=1S/C26H23N.Na/c1-27(25-20-12-5-13-21-25)26(22-14-6-2-7-15-22,23-16-8-3-9-17-23)24-18-10-4-11-19-24;/h2-21H,1H3;. The number of hydrogen-bond donors (Lipinski definition) is 0. The van der Waals surface area contributed by atoms with Gasteiger partial charge in [-0.3, -0.25) is 0 Å². The van der Waals surface area contributed by atoms with Gasteiger partial charge in [-0.2, -0.15) is 0 Å². The zero-order valence-electron chi connectivity index (χ0n) is 16.5. The fourth-order valence-electron chi connectivity index (χ4n) is 3.96. The molecule has 0 aliphatic heterocycles. The van der Waals surface area contributed by atoms with Crippen molar-refractivity contribution in [1.29, 1.82) is 0 Å². The molecule has 0 aliphatic rings. The van der Waals surface area contributed by atoms with E-state index in [-0.39, 0.29) is 29.6 Å². The second kappa shape index (κ2) is 9.25. The maximum absolute atomic E-state index is 2.38. The fraction of sp³-hybridized carbons (Fsp3) is 0.0769. The Labute approximate surface area is 190 Å². The van der Waals surface area contributed by atoms with Gasteiger partial charge in [-0.1, -0.05) is 109 Å². The molecule has 0 aromatic heterocycles. The quantitative estimate of drug-likeness (QED) is 0.319. The Balaban J connectivity index is 0.00000225. The van der Waals surface area contributed by atoms with Gasteiger partial charge < -0.3 is 4.90 Å². The van der Waals surface area contributed by atoms with Gasteiger partial charge in [0.15, 0.2) is 0 Å². The first-order valence-corrected chi connectivity index (χ1v) is 9.29. The molecule has 133 valence electrons. The summed E-state index contributed by atoms with van der Waals surface area (Å²) in [5.74, 6) is 0. The predicted octanol–water partition coefficient (Wildman–Crippen LogP) is 5.73. The van der Waals surface area contributed by atoms with Crippen molar-refractivity contribution >= 4 is 35.2 Å². The molecule has 0 aliphatic carbocycles. The predicted molar refractivity (Wildman–Crippen MR) is 120 cm³/mol. The summed E-state index contributed by atoms with van der Waals surface area (Å²) < 4.78 is 0. The summed E-state index contributed by atoms with van der Waals surface area (Å²) in [6.07, 6.45) is 0. The summed E-state index contributed by atoms with van der Waals surface area (Å²) in [4.78, 5) is 2.38. The Morgan fingerprint density at radius 3 is 1.07 bits per heavy atom. The van der Waals surface area contributed by atoms with Crippen LogP contribution in [0.5, 0.6) is 0 Å². The molecule has 4 aromatic rings. The van der Waals surface area contributed by atoms with Crippen molar-refractivity contribution < 1.29 is 0 Å². The molecule has 1 radical (unpaired) electrons. The molecule has 28 heavy (non-hydrogen) atoms. The molecule has 0 heterocycles. The summed E-state index contributed by atoms with van der Waals surface area (Å²) in [5.41, 5.74) is 4.48. The third kappa shape index (κ3) is 3.66. The topological polar surface area (TPSA) is 3.24 Å². The minimum Gasteiger partial charge on any atom is -0.357 e. The first-order chi connectivity index (χ1) is 13.3. The van der Waals surface area contributed by atoms with Gasteiger partial charge in [-0.05, 0) is 28.8 Å². The van der Waals surface area contributed by atoms with Crippen molar-refractivity contribution in [1.82, 2.24) is 0 Å². The average molecular weight is 372 g/mol. The van der Waals surface area contributed by atoms with E-state index >= 15 is 0 Å². The molecule has 1 nitrogen and oxygen atoms in total. The molecule has 0 unspecified atom stereocenters. The van der Waals surface area contributed by atoms with E-state index in [9.17, 15) is 0 Å². The van der Waals surface area contributed by atoms with Crippen molar-refractivity contribution in [3.63, 3.8) is 0 Å². The van der Waals surface area contributed by atoms with Gasteiger partial charge >= 0.3 is 0 Å². The van der Waals surface area contributed by atoms with Crippen molar-refractivity contribution in [3.8, 4) is 0 Å². The summed E-state index contributed by atoms with van der Waals surface area (Å²) in [6, 6.07) is 42.9. The smallest absolute Gasteiger partial charge is 0.116 e. The van der Waals surface area contributed by atoms with Gasteiger partial charge in [0.25, 0.3) is 0 Å². The number of anilines is 1. The van der Waals surface area contributed by atoms with Crippen LogP contribution in [0.1, 0.15) is 16.7 Å². The van der Waals surface area contributed by atoms with Crippen molar-refractivity contribution in [2.75, 3.05) is 11.9 Å². The molecule has 0 amide bonds. The molecule has 0 saturated heterocycles. The van der Waals surface area contributed by atoms with E-state index in [2.05, 4.69) is 133 Å². The van der Waals surface area contributed by atoms with Crippen molar-refractivity contribution in [3.05, 3.63) is 138 Å². The SMILES string of the molecule is CN(c1ccccc1)C(c1ccccc1)(c1ccccc1)c1ccccc1.[Na]. The van der Waals surface area contributed by atoms with Crippen LogP contribution < -0.4 is 4.90 Å². The molecular weight excluding hydrogens is 349 g/mol. The Morgan fingerprint density at radius 2 is 0.750 bits per heavy atom. The Morgan fingerprint density at radius 1 is 0.464 bits per heavy atom. The van der Waals surface area contributed by atoms with Crippen LogP contribution >= 0.6 is 0 Å². The second-order valence-electron chi connectivity index (χ2n) is 6.70. The van der Waals surface area contributed by atoms with Crippen LogP contribution in [0.25, 0.3) is 0 Å². The number of benzene rings is 4. The van der Waals surface area contributed by atoms with Gasteiger partial charge in [0.2, 0.25) is 0 Å². The van der Waals surface area contributed by atoms with Crippen LogP contribution in [0.3, 0.4) is 0 Å². The van der Waals surface area contributed by atoms with Crippen LogP contribution in [0, 0.1) is 0 Å². The van der Waals surface area contributed by atoms with Gasteiger partial charge in [0.05, 0.1) is 0 Å². The van der Waals surface area contributed by atoms with Gasteiger partial charge in [-0.15, -0.1) is 0 Å². The van der Waals surface area contributed by atoms with Gasteiger partial charge in [-0.25, -0.2) is 0 Å². The first-order valence-electron chi connectivity index (χ1n) is 9.29. The van der Waals surface area contributed by atoms with E-state index in [1.165, 1.54) is 22.4 Å². The first kappa shape index (κ1) is 20.4. The minimum atomic E-state index is -0.425. The molecule has 4 rings (SSSR count). The largest absolute Gasteiger partial charge is 0.357 e. The van der Waals surface area contributed by atoms with Gasteiger partial charge in [0.1, 0.15) is 5.54 Å². The summed E-state index contributed by atoms with van der Waals surface area (Å²) >= 11 is 0. The Bertz CT molecular complexity index is 873. The summed E-state index contributed by atoms with van der Waals surface area (Å²) in [6.45, 7) is 0.